The van der Waals surface area contributed by atoms with Crippen molar-refractivity contribution in [3.8, 4) is 11.4 Å². The van der Waals surface area contributed by atoms with Crippen LogP contribution in [0.5, 0.6) is 0 Å². The Hall–Kier alpha value is -3.31. The summed E-state index contributed by atoms with van der Waals surface area (Å²) in [7, 11) is -3.25. The Bertz CT molecular complexity index is 1170. The molecule has 0 bridgehead atoms. The number of nitrogens with one attached hydrogen (secondary N) is 2. The lowest BCUT2D eigenvalue weighted by Gasteiger charge is -2.28. The maximum atomic E-state index is 12.2. The number of sulfone groups is 1. The fourth-order valence-corrected chi connectivity index (χ4v) is 4.05. The number of hydrogen-bond acceptors (Lipinski definition) is 8. The second-order valence-corrected chi connectivity index (χ2v) is 9.69. The van der Waals surface area contributed by atoms with Crippen LogP contribution < -0.4 is 10.2 Å². The summed E-state index contributed by atoms with van der Waals surface area (Å²) in [6, 6.07) is 8.84. The van der Waals surface area contributed by atoms with Crippen molar-refractivity contribution in [2.75, 3.05) is 42.8 Å². The summed E-state index contributed by atoms with van der Waals surface area (Å²) in [4.78, 5) is 30.3. The highest BCUT2D eigenvalue weighted by molar-refractivity contribution is 7.89. The van der Waals surface area contributed by atoms with Gasteiger partial charge in [-0.15, -0.1) is 0 Å². The van der Waals surface area contributed by atoms with E-state index in [2.05, 4.69) is 30.2 Å². The van der Waals surface area contributed by atoms with Gasteiger partial charge in [-0.2, -0.15) is 0 Å². The third kappa shape index (κ3) is 5.89. The molecule has 0 saturated carbocycles. The quantitative estimate of drug-likeness (QED) is 0.546. The predicted molar refractivity (Wildman–Crippen MR) is 120 cm³/mol. The Morgan fingerprint density at radius 2 is 1.94 bits per heavy atom. The van der Waals surface area contributed by atoms with E-state index in [1.807, 2.05) is 0 Å². The van der Waals surface area contributed by atoms with Crippen molar-refractivity contribution in [3.05, 3.63) is 54.2 Å². The molecule has 1 aliphatic heterocycles. The summed E-state index contributed by atoms with van der Waals surface area (Å²) in [5, 5.41) is 2.82. The summed E-state index contributed by atoms with van der Waals surface area (Å²) in [5.41, 5.74) is 1.79. The first-order valence-electron chi connectivity index (χ1n) is 10.1. The topological polar surface area (TPSA) is 130 Å². The highest BCUT2D eigenvalue weighted by atomic mass is 32.2. The number of imidazole rings is 1. The molecule has 4 rings (SSSR count). The van der Waals surface area contributed by atoms with Crippen LogP contribution in [0.3, 0.4) is 0 Å². The van der Waals surface area contributed by atoms with E-state index in [4.69, 9.17) is 4.74 Å². The SMILES string of the molecule is CS(=O)(=O)Cc1cc(N2CCOCC2)nc(-c2ccc(NC(=O)Cc3ncc[nH]3)cc2)n1. The molecule has 32 heavy (non-hydrogen) atoms. The van der Waals surface area contributed by atoms with Crippen LogP contribution in [0.15, 0.2) is 42.7 Å². The number of carbonyl (C=O) groups excluding carboxylic acids is 1. The smallest absolute Gasteiger partial charge is 0.231 e. The first kappa shape index (κ1) is 21.9. The van der Waals surface area contributed by atoms with Crippen molar-refractivity contribution in [2.24, 2.45) is 0 Å². The molecule has 168 valence electrons. The Balaban J connectivity index is 1.55. The van der Waals surface area contributed by atoms with Gasteiger partial charge in [0.05, 0.1) is 31.1 Å². The van der Waals surface area contributed by atoms with Crippen LogP contribution in [-0.2, 0) is 31.5 Å². The molecule has 11 heteroatoms. The third-order valence-corrected chi connectivity index (χ3v) is 5.64. The van der Waals surface area contributed by atoms with Gasteiger partial charge < -0.3 is 19.9 Å². The molecular weight excluding hydrogens is 432 g/mol. The summed E-state index contributed by atoms with van der Waals surface area (Å²) in [5.74, 6) is 1.34. The van der Waals surface area contributed by atoms with Crippen LogP contribution in [0.1, 0.15) is 11.5 Å². The van der Waals surface area contributed by atoms with Crippen molar-refractivity contribution in [1.29, 1.82) is 0 Å². The van der Waals surface area contributed by atoms with E-state index in [1.54, 1.807) is 42.7 Å². The van der Waals surface area contributed by atoms with Gasteiger partial charge in [0.2, 0.25) is 5.91 Å². The molecule has 0 aliphatic carbocycles. The summed E-state index contributed by atoms with van der Waals surface area (Å²) >= 11 is 0. The van der Waals surface area contributed by atoms with Crippen LogP contribution in [-0.4, -0.2) is 66.8 Å². The molecule has 3 aromatic rings. The van der Waals surface area contributed by atoms with Crippen LogP contribution in [0.2, 0.25) is 0 Å². The normalized spacial score (nSPS) is 14.3. The molecule has 2 aromatic heterocycles. The second kappa shape index (κ2) is 9.45. The highest BCUT2D eigenvalue weighted by Gasteiger charge is 2.17. The number of nitrogens with zero attached hydrogens (tertiary/aromatic N) is 4. The molecule has 1 amide bonds. The molecule has 1 aromatic carbocycles. The highest BCUT2D eigenvalue weighted by Crippen LogP contribution is 2.23. The number of hydrogen-bond donors (Lipinski definition) is 2. The van der Waals surface area contributed by atoms with Crippen LogP contribution in [0.4, 0.5) is 11.5 Å². The summed E-state index contributed by atoms with van der Waals surface area (Å²) in [6.45, 7) is 2.53. The number of ether oxygens (including phenoxy) is 1. The van der Waals surface area contributed by atoms with E-state index < -0.39 is 9.84 Å². The van der Waals surface area contributed by atoms with Gasteiger partial charge in [0.25, 0.3) is 0 Å². The fraction of sp³-hybridized carbons (Fsp3) is 0.333. The molecule has 0 unspecified atom stereocenters. The van der Waals surface area contributed by atoms with E-state index in [0.29, 0.717) is 55.2 Å². The number of carbonyl (C=O) groups is 1. The van der Waals surface area contributed by atoms with Gasteiger partial charge in [-0.05, 0) is 24.3 Å². The molecule has 0 spiro atoms. The lowest BCUT2D eigenvalue weighted by molar-refractivity contribution is -0.115. The van der Waals surface area contributed by atoms with E-state index in [0.717, 1.165) is 5.56 Å². The molecule has 10 nitrogen and oxygen atoms in total. The number of rotatable bonds is 7. The molecule has 1 aliphatic rings. The minimum Gasteiger partial charge on any atom is -0.378 e. The monoisotopic (exact) mass is 456 g/mol. The average Bonchev–Trinajstić information content (AvgIpc) is 3.26. The van der Waals surface area contributed by atoms with Crippen molar-refractivity contribution in [1.82, 2.24) is 19.9 Å². The minimum absolute atomic E-state index is 0.147. The molecule has 0 atom stereocenters. The fourth-order valence-electron chi connectivity index (χ4n) is 3.36. The van der Waals surface area contributed by atoms with Gasteiger partial charge in [0, 0.05) is 49.1 Å². The van der Waals surface area contributed by atoms with Gasteiger partial charge in [0.15, 0.2) is 15.7 Å². The van der Waals surface area contributed by atoms with Gasteiger partial charge in [-0.3, -0.25) is 4.79 Å². The van der Waals surface area contributed by atoms with Gasteiger partial charge >= 0.3 is 0 Å². The number of amides is 1. The van der Waals surface area contributed by atoms with E-state index >= 15 is 0 Å². The summed E-state index contributed by atoms with van der Waals surface area (Å²) < 4.78 is 29.1. The molecular formula is C21H24N6O4S. The maximum absolute atomic E-state index is 12.2. The maximum Gasteiger partial charge on any atom is 0.231 e. The first-order chi connectivity index (χ1) is 15.4. The third-order valence-electron chi connectivity index (χ3n) is 4.82. The number of benzene rings is 1. The van der Waals surface area contributed by atoms with E-state index in [9.17, 15) is 13.2 Å². The van der Waals surface area contributed by atoms with E-state index in [-0.39, 0.29) is 18.1 Å². The average molecular weight is 457 g/mol. The van der Waals surface area contributed by atoms with Gasteiger partial charge in [0.1, 0.15) is 11.6 Å². The lowest BCUT2D eigenvalue weighted by atomic mass is 10.2. The zero-order valence-corrected chi connectivity index (χ0v) is 18.4. The van der Waals surface area contributed by atoms with Gasteiger partial charge in [-0.1, -0.05) is 0 Å². The molecule has 1 saturated heterocycles. The molecule has 0 radical (unpaired) electrons. The predicted octanol–water partition coefficient (Wildman–Crippen LogP) is 1.43. The molecule has 1 fully saturated rings. The Kier molecular flexibility index (Phi) is 6.47. The number of aromatic nitrogens is 4. The zero-order valence-electron chi connectivity index (χ0n) is 17.6. The van der Waals surface area contributed by atoms with Crippen LogP contribution in [0.25, 0.3) is 11.4 Å². The minimum atomic E-state index is -3.25. The van der Waals surface area contributed by atoms with Gasteiger partial charge in [-0.25, -0.2) is 23.4 Å². The Labute approximate surface area is 186 Å². The Morgan fingerprint density at radius 1 is 1.19 bits per heavy atom. The van der Waals surface area contributed by atoms with Crippen molar-refractivity contribution < 1.29 is 17.9 Å². The molecule has 3 heterocycles. The van der Waals surface area contributed by atoms with Crippen molar-refractivity contribution >= 4 is 27.2 Å². The van der Waals surface area contributed by atoms with Crippen LogP contribution >= 0.6 is 0 Å². The van der Waals surface area contributed by atoms with Crippen LogP contribution in [0, 0.1) is 0 Å². The first-order valence-corrected chi connectivity index (χ1v) is 12.2. The number of aromatic amines is 1. The number of anilines is 2. The number of morpholine rings is 1. The number of H-pyrrole nitrogens is 1. The standard InChI is InChI=1S/C21H24N6O4S/c1-32(29,30)14-17-12-19(27-8-10-31-11-9-27)26-21(25-17)15-2-4-16(5-3-15)24-20(28)13-18-22-6-7-23-18/h2-7,12H,8-11,13-14H2,1H3,(H,22,23)(H,24,28). The van der Waals surface area contributed by atoms with Crippen molar-refractivity contribution in [3.63, 3.8) is 0 Å². The summed E-state index contributed by atoms with van der Waals surface area (Å²) in [6.07, 6.45) is 4.60. The van der Waals surface area contributed by atoms with E-state index in [1.165, 1.54) is 6.26 Å². The lowest BCUT2D eigenvalue weighted by Crippen LogP contribution is -2.37. The largest absolute Gasteiger partial charge is 0.378 e. The Morgan fingerprint density at radius 3 is 2.59 bits per heavy atom. The zero-order chi connectivity index (χ0) is 22.6. The second-order valence-electron chi connectivity index (χ2n) is 7.55. The molecule has 2 N–H and O–H groups in total. The van der Waals surface area contributed by atoms with Crippen molar-refractivity contribution in [2.45, 2.75) is 12.2 Å².